The van der Waals surface area contributed by atoms with Crippen molar-refractivity contribution in [1.82, 2.24) is 0 Å². The summed E-state index contributed by atoms with van der Waals surface area (Å²) in [4.78, 5) is -0.175. The molecule has 7 heteroatoms. The third-order valence-electron chi connectivity index (χ3n) is 2.34. The maximum Gasteiger partial charge on any atom is 0.182 e. The summed E-state index contributed by atoms with van der Waals surface area (Å²) in [6.07, 6.45) is 0. The Morgan fingerprint density at radius 2 is 2.00 bits per heavy atom. The summed E-state index contributed by atoms with van der Waals surface area (Å²) in [5.41, 5.74) is 5.22. The Balaban J connectivity index is 2.51. The van der Waals surface area contributed by atoms with E-state index in [0.717, 1.165) is 0 Å². The van der Waals surface area contributed by atoms with Gasteiger partial charge in [0.2, 0.25) is 0 Å². The molecule has 0 bridgehead atoms. The van der Waals surface area contributed by atoms with Crippen LogP contribution in [0.15, 0.2) is 12.1 Å². The second kappa shape index (κ2) is 7.98. The van der Waals surface area contributed by atoms with Crippen molar-refractivity contribution in [3.63, 3.8) is 0 Å². The van der Waals surface area contributed by atoms with E-state index in [1.165, 1.54) is 12.1 Å². The first-order valence-electron chi connectivity index (χ1n) is 5.66. The summed E-state index contributed by atoms with van der Waals surface area (Å²) >= 11 is 4.62. The number of benzene rings is 1. The van der Waals surface area contributed by atoms with Gasteiger partial charge in [-0.05, 0) is 12.1 Å². The lowest BCUT2D eigenvalue weighted by Gasteiger charge is -2.10. The number of hydrogen-bond donors (Lipinski definition) is 2. The molecule has 0 amide bonds. The molecule has 4 nitrogen and oxygen atoms in total. The minimum absolute atomic E-state index is 0.0489. The van der Waals surface area contributed by atoms with Crippen LogP contribution in [0.25, 0.3) is 0 Å². The van der Waals surface area contributed by atoms with E-state index in [4.69, 9.17) is 15.2 Å². The average molecular weight is 290 g/mol. The fourth-order valence-electron chi connectivity index (χ4n) is 1.38. The fraction of sp³-hybridized carbons (Fsp3) is 0.417. The minimum atomic E-state index is -1.04. The standard InChI is InChI=1S/C12H16F2N2O2S/c1-17-6-7-18-5-4-16-9-3-2-8(12(15)19)10(13)11(9)14/h2-3,16H,4-7H2,1H3,(H2,15,19). The van der Waals surface area contributed by atoms with Gasteiger partial charge in [0.25, 0.3) is 0 Å². The summed E-state index contributed by atoms with van der Waals surface area (Å²) in [7, 11) is 1.57. The van der Waals surface area contributed by atoms with Crippen LogP contribution in [0, 0.1) is 11.6 Å². The van der Waals surface area contributed by atoms with Crippen molar-refractivity contribution in [2.75, 3.05) is 38.8 Å². The van der Waals surface area contributed by atoms with Gasteiger partial charge in [-0.3, -0.25) is 0 Å². The molecule has 106 valence electrons. The Hall–Kier alpha value is -1.31. The van der Waals surface area contributed by atoms with E-state index < -0.39 is 11.6 Å². The molecule has 0 aliphatic rings. The van der Waals surface area contributed by atoms with Gasteiger partial charge < -0.3 is 20.5 Å². The average Bonchev–Trinajstić information content (AvgIpc) is 2.38. The fourth-order valence-corrected chi connectivity index (χ4v) is 1.54. The number of rotatable bonds is 8. The van der Waals surface area contributed by atoms with E-state index in [9.17, 15) is 8.78 Å². The quantitative estimate of drug-likeness (QED) is 0.563. The molecule has 0 aromatic heterocycles. The Bertz CT molecular complexity index is 444. The van der Waals surface area contributed by atoms with Crippen molar-refractivity contribution in [3.8, 4) is 0 Å². The van der Waals surface area contributed by atoms with Crippen LogP contribution in [0.3, 0.4) is 0 Å². The smallest absolute Gasteiger partial charge is 0.182 e. The number of anilines is 1. The number of halogens is 2. The largest absolute Gasteiger partial charge is 0.389 e. The summed E-state index contributed by atoms with van der Waals surface area (Å²) in [6, 6.07) is 2.73. The molecule has 0 aliphatic carbocycles. The third-order valence-corrected chi connectivity index (χ3v) is 2.56. The van der Waals surface area contributed by atoms with Crippen LogP contribution < -0.4 is 11.1 Å². The maximum absolute atomic E-state index is 13.6. The zero-order valence-corrected chi connectivity index (χ0v) is 11.4. The van der Waals surface area contributed by atoms with Crippen LogP contribution in [0.1, 0.15) is 5.56 Å². The number of nitrogens with one attached hydrogen (secondary N) is 1. The first kappa shape index (κ1) is 15.7. The van der Waals surface area contributed by atoms with Crippen molar-refractivity contribution < 1.29 is 18.3 Å². The number of ether oxygens (including phenoxy) is 2. The van der Waals surface area contributed by atoms with Crippen LogP contribution in [0.4, 0.5) is 14.5 Å². The first-order chi connectivity index (χ1) is 9.07. The van der Waals surface area contributed by atoms with Crippen molar-refractivity contribution in [1.29, 1.82) is 0 Å². The van der Waals surface area contributed by atoms with Gasteiger partial charge in [0.1, 0.15) is 4.99 Å². The zero-order chi connectivity index (χ0) is 14.3. The molecule has 19 heavy (non-hydrogen) atoms. The molecule has 0 spiro atoms. The second-order valence-corrected chi connectivity index (χ2v) is 4.12. The van der Waals surface area contributed by atoms with Crippen LogP contribution >= 0.6 is 12.2 Å². The number of methoxy groups -OCH3 is 1. The topological polar surface area (TPSA) is 56.5 Å². The predicted molar refractivity (Wildman–Crippen MR) is 73.4 cm³/mol. The summed E-state index contributed by atoms with van der Waals surface area (Å²) in [5, 5.41) is 2.73. The zero-order valence-electron chi connectivity index (χ0n) is 10.5. The molecule has 1 rings (SSSR count). The lowest BCUT2D eigenvalue weighted by atomic mass is 10.2. The van der Waals surface area contributed by atoms with Crippen LogP contribution in [0.2, 0.25) is 0 Å². The summed E-state index contributed by atoms with van der Waals surface area (Å²) < 4.78 is 37.2. The van der Waals surface area contributed by atoms with E-state index in [1.807, 2.05) is 0 Å². The van der Waals surface area contributed by atoms with Gasteiger partial charge in [0.15, 0.2) is 11.6 Å². The van der Waals surface area contributed by atoms with Crippen LogP contribution in [-0.2, 0) is 9.47 Å². The van der Waals surface area contributed by atoms with E-state index >= 15 is 0 Å². The third kappa shape index (κ3) is 4.70. The predicted octanol–water partition coefficient (Wildman–Crippen LogP) is 1.67. The maximum atomic E-state index is 13.6. The summed E-state index contributed by atoms with van der Waals surface area (Å²) in [5.74, 6) is -2.04. The SMILES string of the molecule is COCCOCCNc1ccc(C(N)=S)c(F)c1F. The molecule has 3 N–H and O–H groups in total. The van der Waals surface area contributed by atoms with E-state index in [0.29, 0.717) is 26.4 Å². The Morgan fingerprint density at radius 1 is 1.26 bits per heavy atom. The molecule has 1 aromatic rings. The first-order valence-corrected chi connectivity index (χ1v) is 6.07. The second-order valence-electron chi connectivity index (χ2n) is 3.68. The highest BCUT2D eigenvalue weighted by atomic mass is 32.1. The molecule has 0 fully saturated rings. The van der Waals surface area contributed by atoms with Crippen molar-refractivity contribution in [2.24, 2.45) is 5.73 Å². The highest BCUT2D eigenvalue weighted by Crippen LogP contribution is 2.20. The van der Waals surface area contributed by atoms with Gasteiger partial charge >= 0.3 is 0 Å². The van der Waals surface area contributed by atoms with Crippen molar-refractivity contribution in [2.45, 2.75) is 0 Å². The lowest BCUT2D eigenvalue weighted by molar-refractivity contribution is 0.0759. The highest BCUT2D eigenvalue weighted by Gasteiger charge is 2.14. The number of thiocarbonyl (C=S) groups is 1. The van der Waals surface area contributed by atoms with Gasteiger partial charge in [-0.25, -0.2) is 8.78 Å². The molecular weight excluding hydrogens is 274 g/mol. The molecule has 0 unspecified atom stereocenters. The van der Waals surface area contributed by atoms with Crippen molar-refractivity contribution in [3.05, 3.63) is 29.3 Å². The van der Waals surface area contributed by atoms with Gasteiger partial charge in [-0.15, -0.1) is 0 Å². The van der Waals surface area contributed by atoms with Gasteiger partial charge in [0, 0.05) is 19.2 Å². The van der Waals surface area contributed by atoms with Crippen LogP contribution in [0.5, 0.6) is 0 Å². The molecule has 0 saturated carbocycles. The van der Waals surface area contributed by atoms with E-state index in [2.05, 4.69) is 17.5 Å². The number of hydrogen-bond acceptors (Lipinski definition) is 4. The van der Waals surface area contributed by atoms with E-state index in [1.54, 1.807) is 7.11 Å². The Labute approximate surface area is 115 Å². The van der Waals surface area contributed by atoms with Crippen LogP contribution in [-0.4, -0.2) is 38.5 Å². The molecular formula is C12H16F2N2O2S. The van der Waals surface area contributed by atoms with Crippen molar-refractivity contribution >= 4 is 22.9 Å². The monoisotopic (exact) mass is 290 g/mol. The molecule has 0 atom stereocenters. The van der Waals surface area contributed by atoms with E-state index in [-0.39, 0.29) is 16.2 Å². The summed E-state index contributed by atoms with van der Waals surface area (Å²) in [6.45, 7) is 1.66. The Morgan fingerprint density at radius 3 is 2.63 bits per heavy atom. The molecule has 0 radical (unpaired) electrons. The lowest BCUT2D eigenvalue weighted by Crippen LogP contribution is -2.16. The molecule has 0 saturated heterocycles. The van der Waals surface area contributed by atoms with Gasteiger partial charge in [-0.2, -0.15) is 0 Å². The normalized spacial score (nSPS) is 10.5. The minimum Gasteiger partial charge on any atom is -0.389 e. The van der Waals surface area contributed by atoms with Gasteiger partial charge in [-0.1, -0.05) is 12.2 Å². The molecule has 0 heterocycles. The molecule has 0 aliphatic heterocycles. The molecule has 1 aromatic carbocycles. The number of nitrogens with two attached hydrogens (primary N) is 1. The Kier molecular flexibility index (Phi) is 6.61. The van der Waals surface area contributed by atoms with Gasteiger partial charge in [0.05, 0.1) is 25.5 Å². The highest BCUT2D eigenvalue weighted by molar-refractivity contribution is 7.80.